The molecule has 0 saturated carbocycles. The van der Waals surface area contributed by atoms with E-state index in [0.717, 1.165) is 17.1 Å². The van der Waals surface area contributed by atoms with Crippen LogP contribution < -0.4 is 10.2 Å². The van der Waals surface area contributed by atoms with E-state index in [0.29, 0.717) is 39.0 Å². The second-order valence-corrected chi connectivity index (χ2v) is 8.72. The lowest BCUT2D eigenvalue weighted by Crippen LogP contribution is -2.49. The molecule has 1 aliphatic heterocycles. The first-order valence-electron chi connectivity index (χ1n) is 9.13. The summed E-state index contributed by atoms with van der Waals surface area (Å²) in [6.45, 7) is 3.99. The average Bonchev–Trinajstić information content (AvgIpc) is 3.21. The third kappa shape index (κ3) is 5.11. The summed E-state index contributed by atoms with van der Waals surface area (Å²) in [5, 5.41) is 2.88. The molecule has 7 nitrogen and oxygen atoms in total. The van der Waals surface area contributed by atoms with Crippen molar-refractivity contribution in [2.24, 2.45) is 0 Å². The highest BCUT2D eigenvalue weighted by molar-refractivity contribution is 7.89. The van der Waals surface area contributed by atoms with Gasteiger partial charge in [0.1, 0.15) is 5.76 Å². The first kappa shape index (κ1) is 19.4. The van der Waals surface area contributed by atoms with Crippen LogP contribution in [-0.4, -0.2) is 50.6 Å². The molecule has 1 aliphatic rings. The van der Waals surface area contributed by atoms with Gasteiger partial charge in [-0.3, -0.25) is 4.79 Å². The number of carbonyl (C=O) groups excluding carboxylic acids is 1. The predicted molar refractivity (Wildman–Crippen MR) is 105 cm³/mol. The van der Waals surface area contributed by atoms with Crippen LogP contribution in [0.1, 0.15) is 19.1 Å². The van der Waals surface area contributed by atoms with E-state index in [2.05, 4.69) is 10.2 Å². The van der Waals surface area contributed by atoms with Crippen LogP contribution in [0.25, 0.3) is 0 Å². The smallest absolute Gasteiger partial charge is 0.224 e. The van der Waals surface area contributed by atoms with Crippen molar-refractivity contribution in [3.8, 4) is 0 Å². The molecule has 0 bridgehead atoms. The van der Waals surface area contributed by atoms with Gasteiger partial charge in [-0.05, 0) is 43.3 Å². The maximum Gasteiger partial charge on any atom is 0.224 e. The molecule has 1 amide bonds. The van der Waals surface area contributed by atoms with Gasteiger partial charge in [-0.1, -0.05) is 0 Å². The largest absolute Gasteiger partial charge is 0.469 e. The lowest BCUT2D eigenvalue weighted by Gasteiger charge is -2.35. The second-order valence-electron chi connectivity index (χ2n) is 6.46. The molecule has 2 heterocycles. The maximum absolute atomic E-state index is 12.0. The molecule has 0 radical (unpaired) electrons. The minimum atomic E-state index is -3.12. The van der Waals surface area contributed by atoms with Crippen LogP contribution in [0.15, 0.2) is 47.1 Å². The number of anilines is 2. The zero-order valence-electron chi connectivity index (χ0n) is 15.4. The molecule has 1 fully saturated rings. The van der Waals surface area contributed by atoms with Crippen LogP contribution in [0.5, 0.6) is 0 Å². The van der Waals surface area contributed by atoms with Gasteiger partial charge in [0.2, 0.25) is 15.9 Å². The van der Waals surface area contributed by atoms with Gasteiger partial charge < -0.3 is 14.6 Å². The quantitative estimate of drug-likeness (QED) is 0.783. The number of furan rings is 1. The van der Waals surface area contributed by atoms with E-state index in [9.17, 15) is 13.2 Å². The van der Waals surface area contributed by atoms with Crippen LogP contribution in [0.4, 0.5) is 11.4 Å². The molecule has 2 aromatic rings. The molecule has 1 saturated heterocycles. The Kier molecular flexibility index (Phi) is 6.18. The fraction of sp³-hybridized carbons (Fsp3) is 0.421. The summed E-state index contributed by atoms with van der Waals surface area (Å²) < 4.78 is 30.6. The van der Waals surface area contributed by atoms with Crippen molar-refractivity contribution in [3.63, 3.8) is 0 Å². The van der Waals surface area contributed by atoms with E-state index in [1.807, 2.05) is 36.4 Å². The topological polar surface area (TPSA) is 82.9 Å². The molecular formula is C19H25N3O4S. The van der Waals surface area contributed by atoms with Gasteiger partial charge in [0.25, 0.3) is 0 Å². The number of aryl methyl sites for hydroxylation is 1. The van der Waals surface area contributed by atoms with Gasteiger partial charge in [0.15, 0.2) is 0 Å². The van der Waals surface area contributed by atoms with Crippen molar-refractivity contribution < 1.29 is 17.6 Å². The zero-order chi connectivity index (χ0) is 19.3. The van der Waals surface area contributed by atoms with E-state index in [4.69, 9.17) is 4.42 Å². The monoisotopic (exact) mass is 391 g/mol. The van der Waals surface area contributed by atoms with E-state index in [1.165, 1.54) is 0 Å². The number of nitrogens with zero attached hydrogens (tertiary/aromatic N) is 2. The van der Waals surface area contributed by atoms with E-state index >= 15 is 0 Å². The lowest BCUT2D eigenvalue weighted by atomic mass is 10.2. The van der Waals surface area contributed by atoms with Crippen LogP contribution in [0.3, 0.4) is 0 Å². The third-order valence-electron chi connectivity index (χ3n) is 4.69. The van der Waals surface area contributed by atoms with Crippen molar-refractivity contribution in [2.75, 3.05) is 42.1 Å². The van der Waals surface area contributed by atoms with Crippen LogP contribution in [0, 0.1) is 0 Å². The summed E-state index contributed by atoms with van der Waals surface area (Å²) in [5.41, 5.74) is 1.77. The average molecular weight is 391 g/mol. The molecule has 0 aliphatic carbocycles. The van der Waals surface area contributed by atoms with Gasteiger partial charge in [0, 0.05) is 50.4 Å². The number of sulfonamides is 1. The SMILES string of the molecule is CCS(=O)(=O)N1CCN(c2ccc(NC(=O)CCc3ccco3)cc2)CC1. The number of nitrogens with one attached hydrogen (secondary N) is 1. The van der Waals surface area contributed by atoms with Crippen molar-refractivity contribution >= 4 is 27.3 Å². The number of hydrogen-bond acceptors (Lipinski definition) is 5. The molecule has 1 aromatic heterocycles. The summed E-state index contributed by atoms with van der Waals surface area (Å²) >= 11 is 0. The molecule has 27 heavy (non-hydrogen) atoms. The minimum absolute atomic E-state index is 0.0578. The molecule has 0 atom stereocenters. The Hall–Kier alpha value is -2.32. The van der Waals surface area contributed by atoms with E-state index < -0.39 is 10.0 Å². The summed E-state index contributed by atoms with van der Waals surface area (Å²) in [6.07, 6.45) is 2.54. The highest BCUT2D eigenvalue weighted by Crippen LogP contribution is 2.20. The highest BCUT2D eigenvalue weighted by atomic mass is 32.2. The first-order chi connectivity index (χ1) is 13.0. The normalized spacial score (nSPS) is 15.7. The Bertz CT molecular complexity index is 840. The number of carbonyl (C=O) groups is 1. The Morgan fingerprint density at radius 2 is 1.81 bits per heavy atom. The lowest BCUT2D eigenvalue weighted by molar-refractivity contribution is -0.116. The summed E-state index contributed by atoms with van der Waals surface area (Å²) in [7, 11) is -3.12. The fourth-order valence-corrected chi connectivity index (χ4v) is 4.16. The number of rotatable bonds is 7. The van der Waals surface area contributed by atoms with Gasteiger partial charge in [-0.25, -0.2) is 8.42 Å². The Labute approximate surface area is 160 Å². The molecular weight excluding hydrogens is 366 g/mol. The molecule has 1 N–H and O–H groups in total. The predicted octanol–water partition coefficient (Wildman–Crippen LogP) is 2.32. The van der Waals surface area contributed by atoms with Crippen LogP contribution in [-0.2, 0) is 21.2 Å². The number of amides is 1. The Morgan fingerprint density at radius 3 is 2.41 bits per heavy atom. The third-order valence-corrected chi connectivity index (χ3v) is 6.57. The molecule has 1 aromatic carbocycles. The second kappa shape index (κ2) is 8.58. The Morgan fingerprint density at radius 1 is 1.11 bits per heavy atom. The molecule has 8 heteroatoms. The van der Waals surface area contributed by atoms with Crippen LogP contribution in [0.2, 0.25) is 0 Å². The number of hydrogen-bond donors (Lipinski definition) is 1. The summed E-state index contributed by atoms with van der Waals surface area (Å²) in [6, 6.07) is 11.3. The fourth-order valence-electron chi connectivity index (χ4n) is 3.08. The van der Waals surface area contributed by atoms with Crippen molar-refractivity contribution in [2.45, 2.75) is 19.8 Å². The molecule has 146 valence electrons. The number of piperazine rings is 1. The van der Waals surface area contributed by atoms with Crippen molar-refractivity contribution in [1.29, 1.82) is 0 Å². The van der Waals surface area contributed by atoms with E-state index in [-0.39, 0.29) is 11.7 Å². The molecule has 0 unspecified atom stereocenters. The van der Waals surface area contributed by atoms with Gasteiger partial charge in [0.05, 0.1) is 12.0 Å². The minimum Gasteiger partial charge on any atom is -0.469 e. The first-order valence-corrected chi connectivity index (χ1v) is 10.7. The maximum atomic E-state index is 12.0. The van der Waals surface area contributed by atoms with Crippen LogP contribution >= 0.6 is 0 Å². The standard InChI is InChI=1S/C19H25N3O4S/c1-2-27(24,25)22-13-11-21(12-14-22)17-7-5-16(6-8-17)20-19(23)10-9-18-4-3-15-26-18/h3-8,15H,2,9-14H2,1H3,(H,20,23). The van der Waals surface area contributed by atoms with Gasteiger partial charge >= 0.3 is 0 Å². The molecule has 0 spiro atoms. The van der Waals surface area contributed by atoms with Gasteiger partial charge in [-0.15, -0.1) is 0 Å². The zero-order valence-corrected chi connectivity index (χ0v) is 16.2. The molecule has 3 rings (SSSR count). The van der Waals surface area contributed by atoms with Crippen molar-refractivity contribution in [1.82, 2.24) is 4.31 Å². The van der Waals surface area contributed by atoms with Gasteiger partial charge in [-0.2, -0.15) is 4.31 Å². The number of benzene rings is 1. The Balaban J connectivity index is 1.49. The van der Waals surface area contributed by atoms with Crippen molar-refractivity contribution in [3.05, 3.63) is 48.4 Å². The summed E-state index contributed by atoms with van der Waals surface area (Å²) in [4.78, 5) is 14.2. The highest BCUT2D eigenvalue weighted by Gasteiger charge is 2.25. The van der Waals surface area contributed by atoms with E-state index in [1.54, 1.807) is 17.5 Å². The summed E-state index contributed by atoms with van der Waals surface area (Å²) in [5.74, 6) is 0.878.